The van der Waals surface area contributed by atoms with Crippen LogP contribution in [0.25, 0.3) is 0 Å². The lowest BCUT2D eigenvalue weighted by molar-refractivity contribution is 0.341. The van der Waals surface area contributed by atoms with Crippen molar-refractivity contribution in [1.29, 1.82) is 0 Å². The van der Waals surface area contributed by atoms with Gasteiger partial charge in [0.2, 0.25) is 0 Å². The van der Waals surface area contributed by atoms with Crippen LogP contribution in [0.4, 0.5) is 0 Å². The monoisotopic (exact) mass is 261 g/mol. The molecule has 4 heteroatoms. The molecule has 0 radical (unpaired) electrons. The van der Waals surface area contributed by atoms with Crippen molar-refractivity contribution in [1.82, 2.24) is 5.32 Å². The molecule has 1 aliphatic heterocycles. The molecule has 82 valence electrons. The Bertz CT molecular complexity index is 339. The fraction of sp³-hybridized carbons (Fsp3) is 0.455. The zero-order valence-electron chi connectivity index (χ0n) is 8.30. The number of rotatable bonds is 4. The molecule has 1 nitrogen and oxygen atoms in total. The fourth-order valence-electron chi connectivity index (χ4n) is 1.46. The van der Waals surface area contributed by atoms with Gasteiger partial charge in [-0.25, -0.2) is 0 Å². The summed E-state index contributed by atoms with van der Waals surface area (Å²) in [5, 5.41) is 4.55. The quantitative estimate of drug-likeness (QED) is 0.830. The first kappa shape index (κ1) is 11.6. The maximum absolute atomic E-state index is 5.94. The molecule has 0 unspecified atom stereocenters. The van der Waals surface area contributed by atoms with E-state index in [0.717, 1.165) is 11.7 Å². The summed E-state index contributed by atoms with van der Waals surface area (Å²) in [7, 11) is 0. The van der Waals surface area contributed by atoms with Crippen LogP contribution in [0.1, 0.15) is 6.42 Å². The Labute approximate surface area is 105 Å². The van der Waals surface area contributed by atoms with Crippen LogP contribution < -0.4 is 5.32 Å². The van der Waals surface area contributed by atoms with Gasteiger partial charge in [-0.2, -0.15) is 0 Å². The Kier molecular flexibility index (Phi) is 4.21. The fourth-order valence-corrected chi connectivity index (χ4v) is 2.88. The van der Waals surface area contributed by atoms with E-state index in [0.29, 0.717) is 10.0 Å². The number of nitrogens with one attached hydrogen (secondary N) is 1. The van der Waals surface area contributed by atoms with Crippen LogP contribution in [0.2, 0.25) is 10.0 Å². The van der Waals surface area contributed by atoms with Gasteiger partial charge in [0.25, 0.3) is 0 Å². The van der Waals surface area contributed by atoms with Crippen molar-refractivity contribution in [3.05, 3.63) is 28.2 Å². The van der Waals surface area contributed by atoms with E-state index in [-0.39, 0.29) is 0 Å². The molecule has 15 heavy (non-hydrogen) atoms. The van der Waals surface area contributed by atoms with Gasteiger partial charge in [0.1, 0.15) is 0 Å². The molecule has 0 aromatic heterocycles. The van der Waals surface area contributed by atoms with Crippen LogP contribution in [0.15, 0.2) is 23.1 Å². The topological polar surface area (TPSA) is 12.0 Å². The number of benzene rings is 1. The Morgan fingerprint density at radius 2 is 2.07 bits per heavy atom. The summed E-state index contributed by atoms with van der Waals surface area (Å²) >= 11 is 13.6. The van der Waals surface area contributed by atoms with Crippen molar-refractivity contribution in [3.63, 3.8) is 0 Å². The maximum Gasteiger partial charge on any atom is 0.0603 e. The first-order valence-electron chi connectivity index (χ1n) is 5.04. The van der Waals surface area contributed by atoms with Gasteiger partial charge in [0.05, 0.1) is 10.0 Å². The van der Waals surface area contributed by atoms with Crippen LogP contribution in [0.3, 0.4) is 0 Å². The predicted octanol–water partition coefficient (Wildman–Crippen LogP) is 3.70. The molecule has 1 fully saturated rings. The van der Waals surface area contributed by atoms with Crippen LogP contribution in [0, 0.1) is 5.92 Å². The molecule has 1 saturated heterocycles. The van der Waals surface area contributed by atoms with Gasteiger partial charge in [0, 0.05) is 4.90 Å². The highest BCUT2D eigenvalue weighted by atomic mass is 35.5. The van der Waals surface area contributed by atoms with Crippen molar-refractivity contribution in [2.75, 3.05) is 18.8 Å². The summed E-state index contributed by atoms with van der Waals surface area (Å²) in [6, 6.07) is 5.82. The Hall–Kier alpha value is 0.110. The molecule has 0 amide bonds. The molecular formula is C11H13Cl2NS. The van der Waals surface area contributed by atoms with Crippen LogP contribution in [-0.2, 0) is 0 Å². The third kappa shape index (κ3) is 3.28. The first-order valence-corrected chi connectivity index (χ1v) is 6.78. The largest absolute Gasteiger partial charge is 0.316 e. The van der Waals surface area contributed by atoms with Gasteiger partial charge in [-0.1, -0.05) is 23.2 Å². The lowest BCUT2D eigenvalue weighted by Gasteiger charge is -2.26. The smallest absolute Gasteiger partial charge is 0.0603 e. The van der Waals surface area contributed by atoms with Crippen LogP contribution in [0.5, 0.6) is 0 Å². The van der Waals surface area contributed by atoms with Gasteiger partial charge in [-0.05, 0) is 49.4 Å². The van der Waals surface area contributed by atoms with E-state index in [1.807, 2.05) is 30.0 Å². The molecule has 0 atom stereocenters. The zero-order valence-corrected chi connectivity index (χ0v) is 10.6. The number of hydrogen-bond donors (Lipinski definition) is 1. The van der Waals surface area contributed by atoms with Gasteiger partial charge < -0.3 is 5.32 Å². The normalized spacial score (nSPS) is 16.4. The minimum absolute atomic E-state index is 0.629. The Balaban J connectivity index is 1.79. The summed E-state index contributed by atoms with van der Waals surface area (Å²) < 4.78 is 0. The molecule has 0 saturated carbocycles. The highest BCUT2D eigenvalue weighted by Crippen LogP contribution is 2.28. The molecule has 0 aliphatic carbocycles. The molecule has 1 aromatic carbocycles. The molecule has 1 N–H and O–H groups in total. The van der Waals surface area contributed by atoms with E-state index in [9.17, 15) is 0 Å². The lowest BCUT2D eigenvalue weighted by atomic mass is 10.0. The maximum atomic E-state index is 5.94. The van der Waals surface area contributed by atoms with Crippen molar-refractivity contribution >= 4 is 35.0 Å². The van der Waals surface area contributed by atoms with Crippen LogP contribution in [-0.4, -0.2) is 18.8 Å². The average molecular weight is 262 g/mol. The standard InChI is InChI=1S/C11H13Cl2NS/c12-10-2-1-9(5-11(10)13)15-4-3-8-6-14-7-8/h1-2,5,8,14H,3-4,6-7H2. The van der Waals surface area contributed by atoms with Gasteiger partial charge in [-0.3, -0.25) is 0 Å². The second-order valence-electron chi connectivity index (χ2n) is 3.74. The highest BCUT2D eigenvalue weighted by Gasteiger charge is 2.15. The SMILES string of the molecule is Clc1ccc(SCCC2CNC2)cc1Cl. The molecule has 1 aliphatic rings. The minimum atomic E-state index is 0.629. The van der Waals surface area contributed by atoms with Crippen molar-refractivity contribution in [3.8, 4) is 0 Å². The third-order valence-corrected chi connectivity index (χ3v) is 4.32. The molecular weight excluding hydrogens is 249 g/mol. The summed E-state index contributed by atoms with van der Waals surface area (Å²) in [5.41, 5.74) is 0. The van der Waals surface area contributed by atoms with Crippen molar-refractivity contribution < 1.29 is 0 Å². The van der Waals surface area contributed by atoms with E-state index in [1.54, 1.807) is 0 Å². The van der Waals surface area contributed by atoms with Crippen molar-refractivity contribution in [2.45, 2.75) is 11.3 Å². The molecule has 1 heterocycles. The molecule has 0 spiro atoms. The second-order valence-corrected chi connectivity index (χ2v) is 5.72. The highest BCUT2D eigenvalue weighted by molar-refractivity contribution is 7.99. The average Bonchev–Trinajstić information content (AvgIpc) is 2.15. The van der Waals surface area contributed by atoms with E-state index < -0.39 is 0 Å². The minimum Gasteiger partial charge on any atom is -0.316 e. The van der Waals surface area contributed by atoms with E-state index in [2.05, 4.69) is 5.32 Å². The van der Waals surface area contributed by atoms with Crippen molar-refractivity contribution in [2.24, 2.45) is 5.92 Å². The molecule has 1 aromatic rings. The third-order valence-electron chi connectivity index (χ3n) is 2.55. The Morgan fingerprint density at radius 1 is 1.27 bits per heavy atom. The summed E-state index contributed by atoms with van der Waals surface area (Å²) in [4.78, 5) is 1.21. The molecule has 0 bridgehead atoms. The lowest BCUT2D eigenvalue weighted by Crippen LogP contribution is -2.42. The number of thioether (sulfide) groups is 1. The summed E-state index contributed by atoms with van der Waals surface area (Å²) in [6.07, 6.45) is 1.28. The van der Waals surface area contributed by atoms with E-state index in [1.165, 1.54) is 24.4 Å². The molecule has 2 rings (SSSR count). The first-order chi connectivity index (χ1) is 7.25. The van der Waals surface area contributed by atoms with Gasteiger partial charge >= 0.3 is 0 Å². The van der Waals surface area contributed by atoms with E-state index in [4.69, 9.17) is 23.2 Å². The number of halogens is 2. The Morgan fingerprint density at radius 3 is 2.67 bits per heavy atom. The van der Waals surface area contributed by atoms with E-state index >= 15 is 0 Å². The van der Waals surface area contributed by atoms with Gasteiger partial charge in [0.15, 0.2) is 0 Å². The van der Waals surface area contributed by atoms with Crippen LogP contribution >= 0.6 is 35.0 Å². The summed E-state index contributed by atoms with van der Waals surface area (Å²) in [5.74, 6) is 2.03. The van der Waals surface area contributed by atoms with Gasteiger partial charge in [-0.15, -0.1) is 11.8 Å². The predicted molar refractivity (Wildman–Crippen MR) is 68.2 cm³/mol. The number of hydrogen-bond acceptors (Lipinski definition) is 2. The zero-order chi connectivity index (χ0) is 10.7. The summed E-state index contributed by atoms with van der Waals surface area (Å²) in [6.45, 7) is 2.36. The second kappa shape index (κ2) is 5.44.